The molecule has 2 rings (SSSR count). The lowest BCUT2D eigenvalue weighted by Gasteiger charge is -2.21. The number of carbonyl (C=O) groups is 1. The first-order chi connectivity index (χ1) is 10.2. The second-order valence-electron chi connectivity index (χ2n) is 4.90. The summed E-state index contributed by atoms with van der Waals surface area (Å²) in [6.07, 6.45) is 1.75. The van der Waals surface area contributed by atoms with Gasteiger partial charge in [0.15, 0.2) is 0 Å². The maximum Gasteiger partial charge on any atom is 0.240 e. The smallest absolute Gasteiger partial charge is 0.240 e. The van der Waals surface area contributed by atoms with Crippen LogP contribution in [-0.2, 0) is 11.3 Å². The molecule has 0 aliphatic heterocycles. The standard InChI is InChI=1S/C17H21N3O/c1-3-20(16-9-6-7-14(2)11-16)17(21)13-18-12-15-8-4-5-10-19-15/h4-11,18H,3,12-13H2,1-2H3. The molecule has 2 aromatic rings. The van der Waals surface area contributed by atoms with Gasteiger partial charge in [-0.15, -0.1) is 0 Å². The number of aryl methyl sites for hydroxylation is 1. The summed E-state index contributed by atoms with van der Waals surface area (Å²) >= 11 is 0. The van der Waals surface area contributed by atoms with Gasteiger partial charge in [-0.25, -0.2) is 0 Å². The number of hydrogen-bond acceptors (Lipinski definition) is 3. The molecule has 0 bridgehead atoms. The SMILES string of the molecule is CCN(C(=O)CNCc1ccccn1)c1cccc(C)c1. The summed E-state index contributed by atoms with van der Waals surface area (Å²) in [5, 5.41) is 3.15. The van der Waals surface area contributed by atoms with Crippen molar-refractivity contribution in [2.24, 2.45) is 0 Å². The van der Waals surface area contributed by atoms with E-state index in [2.05, 4.69) is 10.3 Å². The topological polar surface area (TPSA) is 45.2 Å². The highest BCUT2D eigenvalue weighted by molar-refractivity contribution is 5.94. The maximum absolute atomic E-state index is 12.3. The minimum Gasteiger partial charge on any atom is -0.312 e. The Labute approximate surface area is 125 Å². The quantitative estimate of drug-likeness (QED) is 0.886. The molecule has 4 nitrogen and oxygen atoms in total. The molecule has 0 unspecified atom stereocenters. The molecular formula is C17H21N3O. The summed E-state index contributed by atoms with van der Waals surface area (Å²) in [4.78, 5) is 18.3. The Morgan fingerprint density at radius 2 is 2.10 bits per heavy atom. The summed E-state index contributed by atoms with van der Waals surface area (Å²) in [7, 11) is 0. The molecule has 0 radical (unpaired) electrons. The van der Waals surface area contributed by atoms with Crippen molar-refractivity contribution in [1.82, 2.24) is 10.3 Å². The van der Waals surface area contributed by atoms with Gasteiger partial charge < -0.3 is 10.2 Å². The molecule has 0 aliphatic carbocycles. The Morgan fingerprint density at radius 1 is 1.24 bits per heavy atom. The van der Waals surface area contributed by atoms with Crippen LogP contribution in [0, 0.1) is 6.92 Å². The molecular weight excluding hydrogens is 262 g/mol. The second kappa shape index (κ2) is 7.55. The van der Waals surface area contributed by atoms with Gasteiger partial charge in [-0.3, -0.25) is 9.78 Å². The largest absolute Gasteiger partial charge is 0.312 e. The highest BCUT2D eigenvalue weighted by Gasteiger charge is 2.13. The zero-order valence-electron chi connectivity index (χ0n) is 12.5. The van der Waals surface area contributed by atoms with Gasteiger partial charge in [0.1, 0.15) is 0 Å². The molecule has 110 valence electrons. The molecule has 1 amide bonds. The molecule has 1 heterocycles. The average Bonchev–Trinajstić information content (AvgIpc) is 2.49. The Bertz CT molecular complexity index is 584. The normalized spacial score (nSPS) is 10.4. The number of benzene rings is 1. The number of nitrogens with zero attached hydrogens (tertiary/aromatic N) is 2. The van der Waals surface area contributed by atoms with Crippen molar-refractivity contribution in [2.75, 3.05) is 18.0 Å². The number of aromatic nitrogens is 1. The van der Waals surface area contributed by atoms with E-state index in [-0.39, 0.29) is 5.91 Å². The average molecular weight is 283 g/mol. The van der Waals surface area contributed by atoms with Crippen molar-refractivity contribution in [2.45, 2.75) is 20.4 Å². The Morgan fingerprint density at radius 3 is 2.76 bits per heavy atom. The second-order valence-corrected chi connectivity index (χ2v) is 4.90. The zero-order chi connectivity index (χ0) is 15.1. The first kappa shape index (κ1) is 15.2. The highest BCUT2D eigenvalue weighted by Crippen LogP contribution is 2.15. The predicted octanol–water partition coefficient (Wildman–Crippen LogP) is 2.53. The van der Waals surface area contributed by atoms with Crippen LogP contribution in [0.4, 0.5) is 5.69 Å². The van der Waals surface area contributed by atoms with E-state index in [1.807, 2.05) is 56.3 Å². The first-order valence-corrected chi connectivity index (χ1v) is 7.18. The number of anilines is 1. The summed E-state index contributed by atoms with van der Waals surface area (Å²) < 4.78 is 0. The van der Waals surface area contributed by atoms with Crippen LogP contribution in [0.5, 0.6) is 0 Å². The van der Waals surface area contributed by atoms with Gasteiger partial charge in [-0.2, -0.15) is 0 Å². The Kier molecular flexibility index (Phi) is 5.46. The number of carbonyl (C=O) groups excluding carboxylic acids is 1. The van der Waals surface area contributed by atoms with Gasteiger partial charge >= 0.3 is 0 Å². The number of rotatable bonds is 6. The third-order valence-electron chi connectivity index (χ3n) is 3.24. The van der Waals surface area contributed by atoms with Crippen LogP contribution in [0.3, 0.4) is 0 Å². The molecule has 0 saturated heterocycles. The van der Waals surface area contributed by atoms with E-state index < -0.39 is 0 Å². The molecule has 4 heteroatoms. The van der Waals surface area contributed by atoms with Crippen molar-refractivity contribution >= 4 is 11.6 Å². The Balaban J connectivity index is 1.92. The van der Waals surface area contributed by atoms with Gasteiger partial charge in [-0.1, -0.05) is 18.2 Å². The minimum atomic E-state index is 0.0685. The summed E-state index contributed by atoms with van der Waals surface area (Å²) in [6.45, 7) is 5.57. The van der Waals surface area contributed by atoms with Crippen molar-refractivity contribution in [1.29, 1.82) is 0 Å². The molecule has 0 spiro atoms. The highest BCUT2D eigenvalue weighted by atomic mass is 16.2. The molecule has 0 aliphatic rings. The molecule has 0 fully saturated rings. The fourth-order valence-electron chi connectivity index (χ4n) is 2.19. The van der Waals surface area contributed by atoms with Gasteiger partial charge in [0.05, 0.1) is 12.2 Å². The minimum absolute atomic E-state index is 0.0685. The van der Waals surface area contributed by atoms with Crippen molar-refractivity contribution in [3.63, 3.8) is 0 Å². The molecule has 1 aromatic heterocycles. The van der Waals surface area contributed by atoms with Gasteiger partial charge in [0, 0.05) is 25.0 Å². The number of hydrogen-bond donors (Lipinski definition) is 1. The van der Waals surface area contributed by atoms with Crippen LogP contribution in [0.2, 0.25) is 0 Å². The van der Waals surface area contributed by atoms with E-state index in [0.29, 0.717) is 19.6 Å². The third kappa shape index (κ3) is 4.39. The zero-order valence-corrected chi connectivity index (χ0v) is 12.5. The third-order valence-corrected chi connectivity index (χ3v) is 3.24. The fraction of sp³-hybridized carbons (Fsp3) is 0.294. The summed E-state index contributed by atoms with van der Waals surface area (Å²) in [5.41, 5.74) is 3.03. The van der Waals surface area contributed by atoms with Crippen LogP contribution in [0.25, 0.3) is 0 Å². The van der Waals surface area contributed by atoms with E-state index in [1.54, 1.807) is 11.1 Å². The Hall–Kier alpha value is -2.20. The fourth-order valence-corrected chi connectivity index (χ4v) is 2.19. The maximum atomic E-state index is 12.3. The van der Waals surface area contributed by atoms with Crippen LogP contribution in [-0.4, -0.2) is 24.0 Å². The van der Waals surface area contributed by atoms with E-state index in [9.17, 15) is 4.79 Å². The number of amides is 1. The number of pyridine rings is 1. The summed E-state index contributed by atoms with van der Waals surface area (Å²) in [6, 6.07) is 13.8. The summed E-state index contributed by atoms with van der Waals surface area (Å²) in [5.74, 6) is 0.0685. The lowest BCUT2D eigenvalue weighted by molar-refractivity contribution is -0.117. The van der Waals surface area contributed by atoms with Crippen LogP contribution in [0.1, 0.15) is 18.2 Å². The van der Waals surface area contributed by atoms with Crippen molar-refractivity contribution in [3.05, 3.63) is 59.9 Å². The number of nitrogens with one attached hydrogen (secondary N) is 1. The molecule has 0 atom stereocenters. The van der Waals surface area contributed by atoms with E-state index in [0.717, 1.165) is 16.9 Å². The molecule has 1 N–H and O–H groups in total. The molecule has 0 saturated carbocycles. The van der Waals surface area contributed by atoms with Crippen LogP contribution in [0.15, 0.2) is 48.7 Å². The molecule has 1 aromatic carbocycles. The van der Waals surface area contributed by atoms with Crippen molar-refractivity contribution < 1.29 is 4.79 Å². The van der Waals surface area contributed by atoms with Gasteiger partial charge in [0.2, 0.25) is 5.91 Å². The predicted molar refractivity (Wildman–Crippen MR) is 85.1 cm³/mol. The van der Waals surface area contributed by atoms with Gasteiger partial charge in [0.25, 0.3) is 0 Å². The van der Waals surface area contributed by atoms with E-state index in [1.165, 1.54) is 0 Å². The van der Waals surface area contributed by atoms with Crippen LogP contribution < -0.4 is 10.2 Å². The van der Waals surface area contributed by atoms with Crippen LogP contribution >= 0.6 is 0 Å². The number of likely N-dealkylation sites (N-methyl/N-ethyl adjacent to an activating group) is 1. The monoisotopic (exact) mass is 283 g/mol. The van der Waals surface area contributed by atoms with E-state index >= 15 is 0 Å². The first-order valence-electron chi connectivity index (χ1n) is 7.18. The van der Waals surface area contributed by atoms with Crippen molar-refractivity contribution in [3.8, 4) is 0 Å². The lowest BCUT2D eigenvalue weighted by Crippen LogP contribution is -2.38. The lowest BCUT2D eigenvalue weighted by atomic mass is 10.2. The van der Waals surface area contributed by atoms with E-state index in [4.69, 9.17) is 0 Å². The van der Waals surface area contributed by atoms with Gasteiger partial charge in [-0.05, 0) is 43.7 Å². The molecule has 21 heavy (non-hydrogen) atoms.